The molecule has 0 atom stereocenters. The predicted molar refractivity (Wildman–Crippen MR) is 110 cm³/mol. The van der Waals surface area contributed by atoms with Gasteiger partial charge < -0.3 is 16.0 Å². The number of nitrogens with zero attached hydrogens (tertiary/aromatic N) is 2. The molecule has 30 heavy (non-hydrogen) atoms. The molecule has 3 rings (SSSR count). The van der Waals surface area contributed by atoms with Crippen molar-refractivity contribution >= 4 is 34.7 Å². The number of aryl methyl sites for hydroxylation is 1. The Kier molecular flexibility index (Phi) is 6.01. The van der Waals surface area contributed by atoms with Gasteiger partial charge in [0, 0.05) is 23.3 Å². The SMILES string of the molecule is C=CC(=O)Nc1cccc(Nc2nc(Nc3ccccc3C)ncc2C(F)(F)F)c1. The lowest BCUT2D eigenvalue weighted by atomic mass is 10.2. The van der Waals surface area contributed by atoms with Crippen LogP contribution < -0.4 is 16.0 Å². The van der Waals surface area contributed by atoms with Gasteiger partial charge in [-0.1, -0.05) is 30.8 Å². The normalized spacial score (nSPS) is 10.9. The number of alkyl halides is 3. The molecular weight excluding hydrogens is 395 g/mol. The van der Waals surface area contributed by atoms with Gasteiger partial charge in [-0.25, -0.2) is 4.98 Å². The number of nitrogens with one attached hydrogen (secondary N) is 3. The summed E-state index contributed by atoms with van der Waals surface area (Å²) in [6.07, 6.45) is -2.84. The van der Waals surface area contributed by atoms with Gasteiger partial charge in [0.25, 0.3) is 0 Å². The van der Waals surface area contributed by atoms with E-state index in [4.69, 9.17) is 0 Å². The van der Waals surface area contributed by atoms with Crippen LogP contribution in [0.2, 0.25) is 0 Å². The van der Waals surface area contributed by atoms with Gasteiger partial charge in [-0.2, -0.15) is 18.2 Å². The van der Waals surface area contributed by atoms with E-state index in [-0.39, 0.29) is 5.95 Å². The van der Waals surface area contributed by atoms with Crippen LogP contribution in [0.5, 0.6) is 0 Å². The molecule has 6 nitrogen and oxygen atoms in total. The summed E-state index contributed by atoms with van der Waals surface area (Å²) < 4.78 is 40.4. The van der Waals surface area contributed by atoms with Crippen LogP contribution >= 0.6 is 0 Å². The molecule has 1 amide bonds. The minimum Gasteiger partial charge on any atom is -0.339 e. The zero-order valence-electron chi connectivity index (χ0n) is 15.9. The molecule has 1 heterocycles. The fourth-order valence-electron chi connectivity index (χ4n) is 2.58. The van der Waals surface area contributed by atoms with Crippen molar-refractivity contribution in [2.75, 3.05) is 16.0 Å². The highest BCUT2D eigenvalue weighted by atomic mass is 19.4. The minimum absolute atomic E-state index is 0.0101. The molecular formula is C21H18F3N5O. The van der Waals surface area contributed by atoms with Gasteiger partial charge in [-0.15, -0.1) is 0 Å². The predicted octanol–water partition coefficient (Wildman–Crippen LogP) is 5.42. The second kappa shape index (κ2) is 8.64. The van der Waals surface area contributed by atoms with Crippen molar-refractivity contribution in [3.8, 4) is 0 Å². The summed E-state index contributed by atoms with van der Waals surface area (Å²) >= 11 is 0. The summed E-state index contributed by atoms with van der Waals surface area (Å²) in [4.78, 5) is 19.3. The second-order valence-electron chi connectivity index (χ2n) is 6.29. The zero-order chi connectivity index (χ0) is 21.7. The van der Waals surface area contributed by atoms with Gasteiger partial charge in [-0.3, -0.25) is 4.79 Å². The third-order valence-corrected chi connectivity index (χ3v) is 4.06. The minimum atomic E-state index is -4.65. The van der Waals surface area contributed by atoms with E-state index in [1.807, 2.05) is 19.1 Å². The first kappa shape index (κ1) is 20.8. The van der Waals surface area contributed by atoms with Crippen molar-refractivity contribution in [1.82, 2.24) is 9.97 Å². The number of aromatic nitrogens is 2. The van der Waals surface area contributed by atoms with Crippen LogP contribution in [0.25, 0.3) is 0 Å². The lowest BCUT2D eigenvalue weighted by Crippen LogP contribution is -2.13. The summed E-state index contributed by atoms with van der Waals surface area (Å²) in [6.45, 7) is 5.21. The standard InChI is InChI=1S/C21H18F3N5O/c1-3-18(30)26-14-8-6-9-15(11-14)27-19-16(21(22,23)24)12-25-20(29-19)28-17-10-5-4-7-13(17)2/h3-12H,1H2,2H3,(H,26,30)(H2,25,27,28,29). The van der Waals surface area contributed by atoms with E-state index in [9.17, 15) is 18.0 Å². The summed E-state index contributed by atoms with van der Waals surface area (Å²) in [5, 5.41) is 8.14. The Labute approximate surface area is 170 Å². The number of para-hydroxylation sites is 1. The molecule has 0 saturated carbocycles. The average molecular weight is 413 g/mol. The van der Waals surface area contributed by atoms with Gasteiger partial charge in [0.1, 0.15) is 11.4 Å². The largest absolute Gasteiger partial charge is 0.421 e. The average Bonchev–Trinajstić information content (AvgIpc) is 2.69. The summed E-state index contributed by atoms with van der Waals surface area (Å²) in [5.41, 5.74) is 1.26. The van der Waals surface area contributed by atoms with Gasteiger partial charge in [-0.05, 0) is 42.8 Å². The number of halogens is 3. The highest BCUT2D eigenvalue weighted by molar-refractivity contribution is 5.99. The van der Waals surface area contributed by atoms with E-state index >= 15 is 0 Å². The van der Waals surface area contributed by atoms with Crippen molar-refractivity contribution < 1.29 is 18.0 Å². The number of hydrogen-bond donors (Lipinski definition) is 3. The van der Waals surface area contributed by atoms with Crippen molar-refractivity contribution in [1.29, 1.82) is 0 Å². The fraction of sp³-hybridized carbons (Fsp3) is 0.0952. The van der Waals surface area contributed by atoms with Crippen LogP contribution in [0, 0.1) is 6.92 Å². The molecule has 1 aromatic heterocycles. The van der Waals surface area contributed by atoms with Gasteiger partial charge in [0.05, 0.1) is 0 Å². The Bertz CT molecular complexity index is 1080. The summed E-state index contributed by atoms with van der Waals surface area (Å²) in [7, 11) is 0. The molecule has 0 fully saturated rings. The molecule has 0 aliphatic rings. The summed E-state index contributed by atoms with van der Waals surface area (Å²) in [5.74, 6) is -0.841. The molecule has 0 aliphatic carbocycles. The number of anilines is 5. The second-order valence-corrected chi connectivity index (χ2v) is 6.29. The maximum absolute atomic E-state index is 13.5. The smallest absolute Gasteiger partial charge is 0.339 e. The van der Waals surface area contributed by atoms with Crippen molar-refractivity contribution in [3.63, 3.8) is 0 Å². The van der Waals surface area contributed by atoms with Gasteiger partial charge in [0.2, 0.25) is 11.9 Å². The van der Waals surface area contributed by atoms with Crippen LogP contribution in [0.3, 0.4) is 0 Å². The third-order valence-electron chi connectivity index (χ3n) is 4.06. The Morgan fingerprint density at radius 1 is 1.07 bits per heavy atom. The molecule has 0 unspecified atom stereocenters. The first-order valence-corrected chi connectivity index (χ1v) is 8.83. The Morgan fingerprint density at radius 3 is 2.50 bits per heavy atom. The van der Waals surface area contributed by atoms with Crippen LogP contribution in [0.15, 0.2) is 67.4 Å². The number of carbonyl (C=O) groups excluding carboxylic acids is 1. The highest BCUT2D eigenvalue weighted by Gasteiger charge is 2.35. The van der Waals surface area contributed by atoms with Crippen LogP contribution in [-0.2, 0) is 11.0 Å². The van der Waals surface area contributed by atoms with E-state index in [1.165, 1.54) is 6.07 Å². The van der Waals surface area contributed by atoms with Crippen LogP contribution in [0.4, 0.5) is 42.0 Å². The molecule has 3 aromatic rings. The van der Waals surface area contributed by atoms with Crippen molar-refractivity contribution in [2.45, 2.75) is 13.1 Å². The lowest BCUT2D eigenvalue weighted by molar-refractivity contribution is -0.137. The van der Waals surface area contributed by atoms with Crippen molar-refractivity contribution in [2.24, 2.45) is 0 Å². The molecule has 154 valence electrons. The molecule has 0 saturated heterocycles. The van der Waals surface area contributed by atoms with Gasteiger partial charge in [0.15, 0.2) is 0 Å². The lowest BCUT2D eigenvalue weighted by Gasteiger charge is -2.16. The van der Waals surface area contributed by atoms with Crippen LogP contribution in [0.1, 0.15) is 11.1 Å². The van der Waals surface area contributed by atoms with E-state index in [1.54, 1.807) is 30.3 Å². The monoisotopic (exact) mass is 413 g/mol. The molecule has 2 aromatic carbocycles. The quantitative estimate of drug-likeness (QED) is 0.471. The topological polar surface area (TPSA) is 78.9 Å². The first-order valence-electron chi connectivity index (χ1n) is 8.83. The third kappa shape index (κ3) is 5.13. The molecule has 0 spiro atoms. The Balaban J connectivity index is 1.93. The maximum Gasteiger partial charge on any atom is 0.421 e. The highest BCUT2D eigenvalue weighted by Crippen LogP contribution is 2.35. The Morgan fingerprint density at radius 2 is 1.80 bits per heavy atom. The van der Waals surface area contributed by atoms with Gasteiger partial charge >= 0.3 is 6.18 Å². The van der Waals surface area contributed by atoms with Crippen molar-refractivity contribution in [3.05, 3.63) is 78.5 Å². The van der Waals surface area contributed by atoms with Crippen LogP contribution in [-0.4, -0.2) is 15.9 Å². The molecule has 3 N–H and O–H groups in total. The van der Waals surface area contributed by atoms with E-state index < -0.39 is 23.5 Å². The molecule has 9 heteroatoms. The molecule has 0 radical (unpaired) electrons. The summed E-state index contributed by atoms with van der Waals surface area (Å²) in [6, 6.07) is 13.5. The Hall–Kier alpha value is -3.88. The number of amides is 1. The molecule has 0 aliphatic heterocycles. The number of hydrogen-bond acceptors (Lipinski definition) is 5. The van der Waals surface area contributed by atoms with E-state index in [2.05, 4.69) is 32.5 Å². The zero-order valence-corrected chi connectivity index (χ0v) is 15.9. The van der Waals surface area contributed by atoms with E-state index in [0.717, 1.165) is 17.8 Å². The number of carbonyl (C=O) groups is 1. The molecule has 0 bridgehead atoms. The first-order chi connectivity index (χ1) is 14.3. The maximum atomic E-state index is 13.5. The number of rotatable bonds is 6. The fourth-order valence-corrected chi connectivity index (χ4v) is 2.58. The van der Waals surface area contributed by atoms with E-state index in [0.29, 0.717) is 17.1 Å². The number of benzene rings is 2.